The standard InChI is InChI=1S/C21H23ClN4O2/c22-16-3-4-18-14(8-16)9-19(28-18)21(27)26-7-1-2-13(12-26)20-24-11-15-10-23-6-5-17(15)25-20/h3-4,8,11,13,19,23H,1-2,5-7,9-10,12H2. The highest BCUT2D eigenvalue weighted by Crippen LogP contribution is 2.33. The molecule has 2 aromatic rings. The number of carbonyl (C=O) groups excluding carboxylic acids is 1. The van der Waals surface area contributed by atoms with Crippen molar-refractivity contribution < 1.29 is 9.53 Å². The van der Waals surface area contributed by atoms with Crippen molar-refractivity contribution in [3.8, 4) is 5.75 Å². The minimum atomic E-state index is -0.456. The van der Waals surface area contributed by atoms with Gasteiger partial charge in [-0.25, -0.2) is 9.97 Å². The molecule has 0 saturated carbocycles. The molecule has 1 fully saturated rings. The maximum Gasteiger partial charge on any atom is 0.264 e. The third-order valence-electron chi connectivity index (χ3n) is 5.90. The summed E-state index contributed by atoms with van der Waals surface area (Å²) in [5.74, 6) is 1.89. The van der Waals surface area contributed by atoms with E-state index in [9.17, 15) is 4.79 Å². The quantitative estimate of drug-likeness (QED) is 0.841. The smallest absolute Gasteiger partial charge is 0.264 e. The van der Waals surface area contributed by atoms with Gasteiger partial charge in [0.1, 0.15) is 11.6 Å². The van der Waals surface area contributed by atoms with Crippen LogP contribution in [-0.4, -0.2) is 46.5 Å². The summed E-state index contributed by atoms with van der Waals surface area (Å²) in [5.41, 5.74) is 3.35. The Kier molecular flexibility index (Phi) is 4.69. The molecule has 1 amide bonds. The molecule has 4 heterocycles. The fourth-order valence-electron chi connectivity index (χ4n) is 4.39. The summed E-state index contributed by atoms with van der Waals surface area (Å²) < 4.78 is 5.90. The van der Waals surface area contributed by atoms with Crippen LogP contribution >= 0.6 is 11.6 Å². The molecule has 7 heteroatoms. The molecule has 28 heavy (non-hydrogen) atoms. The van der Waals surface area contributed by atoms with E-state index in [1.54, 1.807) is 6.07 Å². The van der Waals surface area contributed by atoms with Crippen LogP contribution in [0.5, 0.6) is 5.75 Å². The number of nitrogens with zero attached hydrogens (tertiary/aromatic N) is 3. The van der Waals surface area contributed by atoms with Crippen LogP contribution in [0.15, 0.2) is 24.4 Å². The number of likely N-dealkylation sites (tertiary alicyclic amines) is 1. The summed E-state index contributed by atoms with van der Waals surface area (Å²) in [4.78, 5) is 24.5. The lowest BCUT2D eigenvalue weighted by Crippen LogP contribution is -2.46. The van der Waals surface area contributed by atoms with Crippen molar-refractivity contribution in [2.24, 2.45) is 0 Å². The summed E-state index contributed by atoms with van der Waals surface area (Å²) in [5, 5.41) is 4.02. The average molecular weight is 399 g/mol. The zero-order chi connectivity index (χ0) is 19.1. The molecular formula is C21H23ClN4O2. The number of ether oxygens (including phenoxy) is 1. The van der Waals surface area contributed by atoms with Crippen LogP contribution in [0.2, 0.25) is 5.02 Å². The summed E-state index contributed by atoms with van der Waals surface area (Å²) in [6, 6.07) is 5.53. The molecular weight excluding hydrogens is 376 g/mol. The van der Waals surface area contributed by atoms with Gasteiger partial charge in [0.2, 0.25) is 0 Å². The molecule has 2 unspecified atom stereocenters. The first-order chi connectivity index (χ1) is 13.7. The number of hydrogen-bond donors (Lipinski definition) is 1. The van der Waals surface area contributed by atoms with Gasteiger partial charge in [0.05, 0.1) is 0 Å². The minimum Gasteiger partial charge on any atom is -0.480 e. The SMILES string of the molecule is O=C(C1Cc2cc(Cl)ccc2O1)N1CCCC(c2ncc3c(n2)CCNC3)C1. The Labute approximate surface area is 169 Å². The van der Waals surface area contributed by atoms with Crippen molar-refractivity contribution in [2.75, 3.05) is 19.6 Å². The van der Waals surface area contributed by atoms with Crippen LogP contribution in [0.3, 0.4) is 0 Å². The number of rotatable bonds is 2. The molecule has 3 aliphatic heterocycles. The maximum absolute atomic E-state index is 13.1. The van der Waals surface area contributed by atoms with Gasteiger partial charge in [-0.2, -0.15) is 0 Å². The van der Waals surface area contributed by atoms with Crippen LogP contribution in [0.1, 0.15) is 41.4 Å². The van der Waals surface area contributed by atoms with E-state index in [-0.39, 0.29) is 11.8 Å². The number of piperidine rings is 1. The van der Waals surface area contributed by atoms with Gasteiger partial charge in [0, 0.05) is 67.4 Å². The Bertz CT molecular complexity index is 919. The zero-order valence-electron chi connectivity index (χ0n) is 15.7. The Morgan fingerprint density at radius 2 is 2.25 bits per heavy atom. The van der Waals surface area contributed by atoms with Crippen molar-refractivity contribution in [3.63, 3.8) is 0 Å². The number of amides is 1. The molecule has 146 valence electrons. The topological polar surface area (TPSA) is 67.3 Å². The molecule has 1 aromatic carbocycles. The number of hydrogen-bond acceptors (Lipinski definition) is 5. The fraction of sp³-hybridized carbons (Fsp3) is 0.476. The third-order valence-corrected chi connectivity index (χ3v) is 6.13. The molecule has 2 atom stereocenters. The lowest BCUT2D eigenvalue weighted by molar-refractivity contribution is -0.139. The highest BCUT2D eigenvalue weighted by molar-refractivity contribution is 6.30. The van der Waals surface area contributed by atoms with Crippen molar-refractivity contribution in [2.45, 2.75) is 44.2 Å². The van der Waals surface area contributed by atoms with E-state index < -0.39 is 6.10 Å². The van der Waals surface area contributed by atoms with E-state index in [0.717, 1.165) is 61.7 Å². The van der Waals surface area contributed by atoms with E-state index in [1.807, 2.05) is 23.2 Å². The van der Waals surface area contributed by atoms with Gasteiger partial charge < -0.3 is 15.0 Å². The number of fused-ring (bicyclic) bond motifs is 2. The van der Waals surface area contributed by atoms with E-state index in [0.29, 0.717) is 18.0 Å². The van der Waals surface area contributed by atoms with Crippen LogP contribution in [0, 0.1) is 0 Å². The first-order valence-electron chi connectivity index (χ1n) is 9.96. The first-order valence-corrected chi connectivity index (χ1v) is 10.3. The monoisotopic (exact) mass is 398 g/mol. The number of aromatic nitrogens is 2. The molecule has 0 aliphatic carbocycles. The predicted octanol–water partition coefficient (Wildman–Crippen LogP) is 2.49. The third kappa shape index (κ3) is 3.35. The molecule has 1 aromatic heterocycles. The molecule has 1 N–H and O–H groups in total. The van der Waals surface area contributed by atoms with Crippen LogP contribution in [-0.2, 0) is 24.2 Å². The second-order valence-corrected chi connectivity index (χ2v) is 8.25. The molecule has 3 aliphatic rings. The Balaban J connectivity index is 1.29. The first kappa shape index (κ1) is 17.9. The second kappa shape index (κ2) is 7.33. The van der Waals surface area contributed by atoms with Crippen molar-refractivity contribution >= 4 is 17.5 Å². The Morgan fingerprint density at radius 3 is 3.18 bits per heavy atom. The van der Waals surface area contributed by atoms with E-state index >= 15 is 0 Å². The summed E-state index contributed by atoms with van der Waals surface area (Å²) in [7, 11) is 0. The lowest BCUT2D eigenvalue weighted by Gasteiger charge is -2.33. The number of benzene rings is 1. The Morgan fingerprint density at radius 1 is 1.32 bits per heavy atom. The minimum absolute atomic E-state index is 0.0548. The molecule has 5 rings (SSSR count). The number of nitrogens with one attached hydrogen (secondary N) is 1. The molecule has 6 nitrogen and oxygen atoms in total. The molecule has 0 bridgehead atoms. The van der Waals surface area contributed by atoms with Crippen molar-refractivity contribution in [3.05, 3.63) is 52.1 Å². The van der Waals surface area contributed by atoms with Gasteiger partial charge in [-0.3, -0.25) is 4.79 Å². The van der Waals surface area contributed by atoms with Crippen LogP contribution < -0.4 is 10.1 Å². The average Bonchev–Trinajstić information content (AvgIpc) is 3.16. The van der Waals surface area contributed by atoms with Gasteiger partial charge in [-0.15, -0.1) is 0 Å². The van der Waals surface area contributed by atoms with E-state index in [2.05, 4.69) is 10.3 Å². The largest absolute Gasteiger partial charge is 0.480 e. The molecule has 0 spiro atoms. The Hall–Kier alpha value is -2.18. The molecule has 0 radical (unpaired) electrons. The van der Waals surface area contributed by atoms with Crippen LogP contribution in [0.25, 0.3) is 0 Å². The van der Waals surface area contributed by atoms with E-state index in [4.69, 9.17) is 21.3 Å². The lowest BCUT2D eigenvalue weighted by atomic mass is 9.95. The molecule has 1 saturated heterocycles. The zero-order valence-corrected chi connectivity index (χ0v) is 16.4. The van der Waals surface area contributed by atoms with E-state index in [1.165, 1.54) is 5.56 Å². The van der Waals surface area contributed by atoms with Crippen LogP contribution in [0.4, 0.5) is 0 Å². The van der Waals surface area contributed by atoms with Gasteiger partial charge >= 0.3 is 0 Å². The second-order valence-electron chi connectivity index (χ2n) is 7.81. The van der Waals surface area contributed by atoms with Gasteiger partial charge in [-0.05, 0) is 36.6 Å². The highest BCUT2D eigenvalue weighted by Gasteiger charge is 2.35. The van der Waals surface area contributed by atoms with Gasteiger partial charge in [-0.1, -0.05) is 11.6 Å². The fourth-order valence-corrected chi connectivity index (χ4v) is 4.59. The maximum atomic E-state index is 13.1. The highest BCUT2D eigenvalue weighted by atomic mass is 35.5. The number of halogens is 1. The summed E-state index contributed by atoms with van der Waals surface area (Å²) in [6.07, 6.45) is 4.99. The summed E-state index contributed by atoms with van der Waals surface area (Å²) in [6.45, 7) is 3.23. The van der Waals surface area contributed by atoms with Crippen molar-refractivity contribution in [1.29, 1.82) is 0 Å². The van der Waals surface area contributed by atoms with Crippen molar-refractivity contribution in [1.82, 2.24) is 20.2 Å². The van der Waals surface area contributed by atoms with Gasteiger partial charge in [0.15, 0.2) is 6.10 Å². The normalized spacial score (nSPS) is 23.7. The predicted molar refractivity (Wildman–Crippen MR) is 106 cm³/mol. The van der Waals surface area contributed by atoms with Gasteiger partial charge in [0.25, 0.3) is 5.91 Å². The summed E-state index contributed by atoms with van der Waals surface area (Å²) >= 11 is 6.07. The number of carbonyl (C=O) groups is 1.